The molecule has 4 rings (SSSR count). The maximum Gasteiger partial charge on any atom is 0.267 e. The molecule has 1 amide bonds. The van der Waals surface area contributed by atoms with Crippen molar-refractivity contribution in [2.45, 2.75) is 38.6 Å². The molecule has 2 atom stereocenters. The van der Waals surface area contributed by atoms with Gasteiger partial charge in [-0.05, 0) is 54.8 Å². The Bertz CT molecular complexity index is 827. The summed E-state index contributed by atoms with van der Waals surface area (Å²) in [6, 6.07) is 13.7. The fraction of sp³-hybridized carbons (Fsp3) is 0.333. The smallest absolute Gasteiger partial charge is 0.267 e. The van der Waals surface area contributed by atoms with Crippen molar-refractivity contribution in [1.82, 2.24) is 4.90 Å². The van der Waals surface area contributed by atoms with Gasteiger partial charge in [0.25, 0.3) is 5.91 Å². The first-order valence-corrected chi connectivity index (χ1v) is 9.94. The highest BCUT2D eigenvalue weighted by Crippen LogP contribution is 2.40. The standard InChI is InChI=1S/C21H22N2O2S/c1-15-8-5-6-12-18(15)23-20(24)19(14-17-11-7-13-25-17)26-21(23)22-16-9-3-2-4-10-16/h2-4,7,9-11,13-15,18H,5-6,8,12H2,1H3/b19-14-,22-21?/t15-,18-/m1/s1. The topological polar surface area (TPSA) is 45.8 Å². The molecule has 2 heterocycles. The van der Waals surface area contributed by atoms with Crippen molar-refractivity contribution < 1.29 is 9.21 Å². The Hall–Kier alpha value is -2.27. The molecule has 134 valence electrons. The van der Waals surface area contributed by atoms with Crippen LogP contribution >= 0.6 is 11.8 Å². The van der Waals surface area contributed by atoms with E-state index in [1.54, 1.807) is 6.26 Å². The number of thioether (sulfide) groups is 1. The lowest BCUT2D eigenvalue weighted by molar-refractivity contribution is -0.124. The van der Waals surface area contributed by atoms with Crippen molar-refractivity contribution in [2.24, 2.45) is 10.9 Å². The molecule has 26 heavy (non-hydrogen) atoms. The Kier molecular flexibility index (Phi) is 4.98. The molecule has 1 saturated heterocycles. The summed E-state index contributed by atoms with van der Waals surface area (Å²) in [5, 5.41) is 0.776. The number of rotatable bonds is 3. The number of para-hydroxylation sites is 1. The van der Waals surface area contributed by atoms with Gasteiger partial charge in [-0.3, -0.25) is 9.69 Å². The van der Waals surface area contributed by atoms with E-state index in [1.807, 2.05) is 53.4 Å². The van der Waals surface area contributed by atoms with Crippen molar-refractivity contribution >= 4 is 34.6 Å². The summed E-state index contributed by atoms with van der Waals surface area (Å²) in [6.45, 7) is 2.25. The van der Waals surface area contributed by atoms with E-state index in [-0.39, 0.29) is 11.9 Å². The highest BCUT2D eigenvalue weighted by molar-refractivity contribution is 8.18. The molecule has 2 aromatic rings. The van der Waals surface area contributed by atoms with E-state index in [4.69, 9.17) is 9.41 Å². The summed E-state index contributed by atoms with van der Waals surface area (Å²) in [5.74, 6) is 1.22. The van der Waals surface area contributed by atoms with Gasteiger partial charge < -0.3 is 4.42 Å². The predicted octanol–water partition coefficient (Wildman–Crippen LogP) is 5.46. The van der Waals surface area contributed by atoms with E-state index in [1.165, 1.54) is 24.6 Å². The summed E-state index contributed by atoms with van der Waals surface area (Å²) in [4.78, 5) is 20.6. The van der Waals surface area contributed by atoms with Gasteiger partial charge in [0, 0.05) is 12.1 Å². The van der Waals surface area contributed by atoms with Crippen molar-refractivity contribution in [3.63, 3.8) is 0 Å². The Morgan fingerprint density at radius 1 is 1.15 bits per heavy atom. The normalized spacial score (nSPS) is 26.8. The highest BCUT2D eigenvalue weighted by atomic mass is 32.2. The SMILES string of the molecule is C[C@@H]1CCCC[C@H]1N1C(=O)/C(=C/c2ccco2)SC1=Nc1ccccc1. The first-order valence-electron chi connectivity index (χ1n) is 9.13. The van der Waals surface area contributed by atoms with Crippen molar-refractivity contribution in [2.75, 3.05) is 0 Å². The average molecular weight is 366 g/mol. The third kappa shape index (κ3) is 3.49. The van der Waals surface area contributed by atoms with Gasteiger partial charge >= 0.3 is 0 Å². The third-order valence-corrected chi connectivity index (χ3v) is 6.02. The van der Waals surface area contributed by atoms with Crippen molar-refractivity contribution in [1.29, 1.82) is 0 Å². The van der Waals surface area contributed by atoms with Crippen LogP contribution in [0.15, 0.2) is 63.0 Å². The van der Waals surface area contributed by atoms with Gasteiger partial charge in [-0.25, -0.2) is 4.99 Å². The molecule has 0 N–H and O–H groups in total. The van der Waals surface area contributed by atoms with Crippen LogP contribution in [0.4, 0.5) is 5.69 Å². The molecular formula is C21H22N2O2S. The number of nitrogens with zero attached hydrogens (tertiary/aromatic N) is 2. The van der Waals surface area contributed by atoms with Gasteiger partial charge in [0.15, 0.2) is 5.17 Å². The first-order chi connectivity index (χ1) is 12.7. The van der Waals surface area contributed by atoms with E-state index in [0.717, 1.165) is 23.7 Å². The summed E-state index contributed by atoms with van der Waals surface area (Å²) in [6.07, 6.45) is 8.05. The molecule has 4 nitrogen and oxygen atoms in total. The fourth-order valence-corrected chi connectivity index (χ4v) is 4.68. The van der Waals surface area contributed by atoms with Crippen LogP contribution in [0.1, 0.15) is 38.4 Å². The summed E-state index contributed by atoms with van der Waals surface area (Å²) in [5.41, 5.74) is 0.871. The van der Waals surface area contributed by atoms with E-state index in [9.17, 15) is 4.79 Å². The van der Waals surface area contributed by atoms with E-state index in [2.05, 4.69) is 6.92 Å². The number of amides is 1. The lowest BCUT2D eigenvalue weighted by Crippen LogP contribution is -2.44. The van der Waals surface area contributed by atoms with Crippen LogP contribution in [0.2, 0.25) is 0 Å². The Morgan fingerprint density at radius 3 is 2.69 bits per heavy atom. The lowest BCUT2D eigenvalue weighted by atomic mass is 9.85. The molecular weight excluding hydrogens is 344 g/mol. The van der Waals surface area contributed by atoms with Crippen LogP contribution in [0.25, 0.3) is 6.08 Å². The molecule has 0 unspecified atom stereocenters. The number of benzene rings is 1. The monoisotopic (exact) mass is 366 g/mol. The number of aliphatic imine (C=N–C) groups is 1. The lowest BCUT2D eigenvalue weighted by Gasteiger charge is -2.35. The van der Waals surface area contributed by atoms with Crippen LogP contribution in [0, 0.1) is 5.92 Å². The molecule has 1 aliphatic heterocycles. The van der Waals surface area contributed by atoms with Gasteiger partial charge in [0.05, 0.1) is 16.9 Å². The van der Waals surface area contributed by atoms with Crippen molar-refractivity contribution in [3.05, 3.63) is 59.4 Å². The first kappa shape index (κ1) is 17.2. The minimum Gasteiger partial charge on any atom is -0.465 e. The molecule has 0 radical (unpaired) electrons. The van der Waals surface area contributed by atoms with Gasteiger partial charge in [0.2, 0.25) is 0 Å². The predicted molar refractivity (Wildman–Crippen MR) is 106 cm³/mol. The third-order valence-electron chi connectivity index (χ3n) is 5.03. The molecule has 1 aliphatic carbocycles. The van der Waals surface area contributed by atoms with Gasteiger partial charge in [-0.1, -0.05) is 38.0 Å². The minimum atomic E-state index is 0.0415. The zero-order valence-corrected chi connectivity index (χ0v) is 15.6. The molecule has 1 aromatic heterocycles. The summed E-state index contributed by atoms with van der Waals surface area (Å²) < 4.78 is 5.40. The van der Waals surface area contributed by atoms with Crippen LogP contribution in [-0.4, -0.2) is 22.0 Å². The molecule has 2 fully saturated rings. The Morgan fingerprint density at radius 2 is 1.96 bits per heavy atom. The molecule has 1 saturated carbocycles. The Labute approximate surface area is 158 Å². The number of hydrogen-bond donors (Lipinski definition) is 0. The van der Waals surface area contributed by atoms with Crippen molar-refractivity contribution in [3.8, 4) is 0 Å². The van der Waals surface area contributed by atoms with Gasteiger partial charge in [-0.2, -0.15) is 0 Å². The van der Waals surface area contributed by atoms with E-state index >= 15 is 0 Å². The summed E-state index contributed by atoms with van der Waals surface area (Å²) in [7, 11) is 0. The second-order valence-electron chi connectivity index (χ2n) is 6.86. The number of hydrogen-bond acceptors (Lipinski definition) is 4. The van der Waals surface area contributed by atoms with Crippen LogP contribution in [0.3, 0.4) is 0 Å². The minimum absolute atomic E-state index is 0.0415. The van der Waals surface area contributed by atoms with E-state index in [0.29, 0.717) is 16.6 Å². The second kappa shape index (κ2) is 7.54. The number of amidine groups is 1. The summed E-state index contributed by atoms with van der Waals surface area (Å²) >= 11 is 1.44. The van der Waals surface area contributed by atoms with Gasteiger partial charge in [0.1, 0.15) is 5.76 Å². The van der Waals surface area contributed by atoms with Crippen LogP contribution in [-0.2, 0) is 4.79 Å². The number of carbonyl (C=O) groups excluding carboxylic acids is 1. The average Bonchev–Trinajstić information content (AvgIpc) is 3.26. The zero-order chi connectivity index (χ0) is 17.9. The quantitative estimate of drug-likeness (QED) is 0.677. The number of carbonyl (C=O) groups is 1. The molecule has 1 aromatic carbocycles. The molecule has 2 aliphatic rings. The van der Waals surface area contributed by atoms with Gasteiger partial charge in [-0.15, -0.1) is 0 Å². The zero-order valence-electron chi connectivity index (χ0n) is 14.8. The molecule has 0 spiro atoms. The number of furan rings is 1. The largest absolute Gasteiger partial charge is 0.465 e. The Balaban J connectivity index is 1.71. The highest BCUT2D eigenvalue weighted by Gasteiger charge is 2.41. The molecule has 0 bridgehead atoms. The van der Waals surface area contributed by atoms with Crippen LogP contribution < -0.4 is 0 Å². The second-order valence-corrected chi connectivity index (χ2v) is 7.87. The maximum absolute atomic E-state index is 13.2. The fourth-order valence-electron chi connectivity index (χ4n) is 3.65. The van der Waals surface area contributed by atoms with Crippen LogP contribution in [0.5, 0.6) is 0 Å². The van der Waals surface area contributed by atoms with E-state index < -0.39 is 0 Å². The molecule has 5 heteroatoms. The maximum atomic E-state index is 13.2.